The first-order valence-corrected chi connectivity index (χ1v) is 8.79. The number of halogens is 1. The third-order valence-electron chi connectivity index (χ3n) is 3.45. The first-order valence-electron chi connectivity index (χ1n) is 7.72. The predicted octanol–water partition coefficient (Wildman–Crippen LogP) is 2.62. The number of ether oxygens (including phenoxy) is 2. The van der Waals surface area contributed by atoms with Crippen LogP contribution in [0.25, 0.3) is 0 Å². The number of phenolic OH excluding ortho intramolecular Hbond substituents is 1. The molecule has 0 aromatic heterocycles. The average Bonchev–Trinajstić information content (AvgIpc) is 2.64. The van der Waals surface area contributed by atoms with Crippen molar-refractivity contribution < 1.29 is 29.3 Å². The van der Waals surface area contributed by atoms with Gasteiger partial charge in [-0.2, -0.15) is 5.10 Å². The molecule has 3 N–H and O–H groups in total. The van der Waals surface area contributed by atoms with Gasteiger partial charge in [-0.05, 0) is 59.8 Å². The summed E-state index contributed by atoms with van der Waals surface area (Å²) in [7, 11) is 1.43. The lowest BCUT2D eigenvalue weighted by molar-refractivity contribution is -0.144. The van der Waals surface area contributed by atoms with Crippen LogP contribution >= 0.6 is 22.6 Å². The number of phenols is 1. The van der Waals surface area contributed by atoms with Crippen molar-refractivity contribution in [2.75, 3.05) is 7.11 Å². The molecule has 27 heavy (non-hydrogen) atoms. The largest absolute Gasteiger partial charge is 0.507 e. The van der Waals surface area contributed by atoms with Crippen LogP contribution in [0.4, 0.5) is 0 Å². The number of hydrogen-bond acceptors (Lipinski definition) is 6. The van der Waals surface area contributed by atoms with Gasteiger partial charge < -0.3 is 19.7 Å². The summed E-state index contributed by atoms with van der Waals surface area (Å²) in [6.07, 6.45) is 0.217. The summed E-state index contributed by atoms with van der Waals surface area (Å²) in [4.78, 5) is 23.2. The summed E-state index contributed by atoms with van der Waals surface area (Å²) in [5.41, 5.74) is 3.01. The number of rotatable bonds is 7. The van der Waals surface area contributed by atoms with Crippen LogP contribution in [0.2, 0.25) is 0 Å². The van der Waals surface area contributed by atoms with E-state index in [0.717, 1.165) is 0 Å². The molecule has 0 aliphatic rings. The molecule has 0 spiro atoms. The Kier molecular flexibility index (Phi) is 6.99. The van der Waals surface area contributed by atoms with Crippen LogP contribution in [0, 0.1) is 3.57 Å². The fourth-order valence-electron chi connectivity index (χ4n) is 2.03. The molecular formula is C18H17IN2O6. The summed E-state index contributed by atoms with van der Waals surface area (Å²) in [5.74, 6) is -1.11. The van der Waals surface area contributed by atoms with Gasteiger partial charge in [-0.15, -0.1) is 0 Å². The molecule has 0 bridgehead atoms. The number of carboxylic acid groups (broad SMARTS) is 1. The predicted molar refractivity (Wildman–Crippen MR) is 107 cm³/mol. The topological polar surface area (TPSA) is 117 Å². The quantitative estimate of drug-likeness (QED) is 0.316. The number of para-hydroxylation sites is 1. The second kappa shape index (κ2) is 9.21. The number of carbonyl (C=O) groups excluding carboxylic acids is 1. The molecular weight excluding hydrogens is 467 g/mol. The SMILES string of the molecule is COc1cccc(/C=N\NC(=O)c2ccc(I)c(O)c2)c1O[C@@H](C)C(=O)O. The number of hydrogen-bond donors (Lipinski definition) is 3. The van der Waals surface area contributed by atoms with E-state index >= 15 is 0 Å². The fourth-order valence-corrected chi connectivity index (χ4v) is 2.36. The van der Waals surface area contributed by atoms with Gasteiger partial charge in [0, 0.05) is 11.1 Å². The highest BCUT2D eigenvalue weighted by molar-refractivity contribution is 14.1. The zero-order chi connectivity index (χ0) is 20.0. The summed E-state index contributed by atoms with van der Waals surface area (Å²) < 4.78 is 11.3. The van der Waals surface area contributed by atoms with Gasteiger partial charge in [-0.3, -0.25) is 4.79 Å². The minimum absolute atomic E-state index is 0.00151. The van der Waals surface area contributed by atoms with Crippen LogP contribution < -0.4 is 14.9 Å². The van der Waals surface area contributed by atoms with E-state index < -0.39 is 18.0 Å². The van der Waals surface area contributed by atoms with Gasteiger partial charge >= 0.3 is 5.97 Å². The summed E-state index contributed by atoms with van der Waals surface area (Å²) >= 11 is 1.95. The number of benzene rings is 2. The Hall–Kier alpha value is -2.82. The molecule has 0 fully saturated rings. The number of aliphatic carboxylic acids is 1. The van der Waals surface area contributed by atoms with Crippen LogP contribution in [0.1, 0.15) is 22.8 Å². The van der Waals surface area contributed by atoms with Crippen molar-refractivity contribution in [3.63, 3.8) is 0 Å². The Morgan fingerprint density at radius 1 is 1.30 bits per heavy atom. The molecule has 142 valence electrons. The van der Waals surface area contributed by atoms with Gasteiger partial charge in [0.05, 0.1) is 16.9 Å². The standard InChI is InChI=1S/C18H17IN2O6/c1-10(18(24)25)27-16-12(4-3-5-15(16)26-2)9-20-21-17(23)11-6-7-13(19)14(22)8-11/h3-10,22H,1-2H3,(H,21,23)(H,24,25)/b20-9-/t10-/m0/s1. The van der Waals surface area contributed by atoms with Crippen molar-refractivity contribution in [2.45, 2.75) is 13.0 Å². The van der Waals surface area contributed by atoms with E-state index in [4.69, 9.17) is 14.6 Å². The molecule has 0 saturated carbocycles. The number of hydrazone groups is 1. The third kappa shape index (κ3) is 5.33. The van der Waals surface area contributed by atoms with E-state index in [0.29, 0.717) is 14.9 Å². The van der Waals surface area contributed by atoms with Gasteiger partial charge in [-0.1, -0.05) is 6.07 Å². The zero-order valence-corrected chi connectivity index (χ0v) is 16.6. The number of aromatic hydroxyl groups is 1. The fraction of sp³-hybridized carbons (Fsp3) is 0.167. The van der Waals surface area contributed by atoms with Gasteiger partial charge in [-0.25, -0.2) is 10.2 Å². The average molecular weight is 484 g/mol. The van der Waals surface area contributed by atoms with E-state index in [1.807, 2.05) is 22.6 Å². The Balaban J connectivity index is 2.19. The molecule has 0 aliphatic heterocycles. The number of nitrogens with zero attached hydrogens (tertiary/aromatic N) is 1. The van der Waals surface area contributed by atoms with Crippen LogP contribution in [0.5, 0.6) is 17.2 Å². The number of amides is 1. The molecule has 0 saturated heterocycles. The maximum Gasteiger partial charge on any atom is 0.344 e. The van der Waals surface area contributed by atoms with E-state index in [1.54, 1.807) is 30.3 Å². The number of carbonyl (C=O) groups is 2. The van der Waals surface area contributed by atoms with Crippen LogP contribution in [0.15, 0.2) is 41.5 Å². The first kappa shape index (κ1) is 20.5. The van der Waals surface area contributed by atoms with Crippen molar-refractivity contribution >= 4 is 40.7 Å². The summed E-state index contributed by atoms with van der Waals surface area (Å²) in [6, 6.07) is 9.43. The maximum absolute atomic E-state index is 12.1. The molecule has 8 nitrogen and oxygen atoms in total. The second-order valence-electron chi connectivity index (χ2n) is 5.34. The first-order chi connectivity index (χ1) is 12.8. The van der Waals surface area contributed by atoms with Crippen LogP contribution in [-0.4, -0.2) is 41.5 Å². The second-order valence-corrected chi connectivity index (χ2v) is 6.50. The summed E-state index contributed by atoms with van der Waals surface area (Å²) in [5, 5.41) is 22.6. The molecule has 0 radical (unpaired) electrons. The molecule has 2 aromatic carbocycles. The van der Waals surface area contributed by atoms with E-state index in [2.05, 4.69) is 10.5 Å². The molecule has 2 aromatic rings. The Morgan fingerprint density at radius 3 is 2.67 bits per heavy atom. The highest BCUT2D eigenvalue weighted by Gasteiger charge is 2.18. The Morgan fingerprint density at radius 2 is 2.04 bits per heavy atom. The van der Waals surface area contributed by atoms with Gasteiger partial charge in [0.1, 0.15) is 5.75 Å². The number of methoxy groups -OCH3 is 1. The Labute approximate surface area is 168 Å². The van der Waals surface area contributed by atoms with E-state index in [9.17, 15) is 14.7 Å². The monoisotopic (exact) mass is 484 g/mol. The lowest BCUT2D eigenvalue weighted by atomic mass is 10.2. The normalized spacial score (nSPS) is 11.8. The zero-order valence-electron chi connectivity index (χ0n) is 14.5. The van der Waals surface area contributed by atoms with Crippen LogP contribution in [-0.2, 0) is 4.79 Å². The molecule has 0 unspecified atom stereocenters. The van der Waals surface area contributed by atoms with Gasteiger partial charge in [0.15, 0.2) is 17.6 Å². The summed E-state index contributed by atoms with van der Waals surface area (Å²) in [6.45, 7) is 1.39. The van der Waals surface area contributed by atoms with Crippen molar-refractivity contribution in [1.82, 2.24) is 5.43 Å². The lowest BCUT2D eigenvalue weighted by Crippen LogP contribution is -2.24. The minimum atomic E-state index is -1.13. The number of carboxylic acids is 1. The highest BCUT2D eigenvalue weighted by atomic mass is 127. The van der Waals surface area contributed by atoms with E-state index in [1.165, 1.54) is 26.3 Å². The van der Waals surface area contributed by atoms with Crippen molar-refractivity contribution in [2.24, 2.45) is 5.10 Å². The maximum atomic E-state index is 12.1. The molecule has 0 aliphatic carbocycles. The van der Waals surface area contributed by atoms with E-state index in [-0.39, 0.29) is 17.1 Å². The molecule has 0 heterocycles. The minimum Gasteiger partial charge on any atom is -0.507 e. The smallest absolute Gasteiger partial charge is 0.344 e. The van der Waals surface area contributed by atoms with Crippen molar-refractivity contribution in [3.05, 3.63) is 51.1 Å². The molecule has 1 atom stereocenters. The van der Waals surface area contributed by atoms with Crippen molar-refractivity contribution in [1.29, 1.82) is 0 Å². The molecule has 1 amide bonds. The van der Waals surface area contributed by atoms with Crippen molar-refractivity contribution in [3.8, 4) is 17.2 Å². The Bertz CT molecular complexity index is 884. The van der Waals surface area contributed by atoms with Gasteiger partial charge in [0.25, 0.3) is 5.91 Å². The number of nitrogens with one attached hydrogen (secondary N) is 1. The molecule has 2 rings (SSSR count). The third-order valence-corrected chi connectivity index (χ3v) is 4.36. The lowest BCUT2D eigenvalue weighted by Gasteiger charge is -2.15. The highest BCUT2D eigenvalue weighted by Crippen LogP contribution is 2.31. The molecule has 9 heteroatoms. The van der Waals surface area contributed by atoms with Gasteiger partial charge in [0.2, 0.25) is 0 Å². The van der Waals surface area contributed by atoms with Crippen LogP contribution in [0.3, 0.4) is 0 Å².